The van der Waals surface area contributed by atoms with E-state index in [1.165, 1.54) is 12.1 Å². The molecule has 4 rings (SSSR count). The van der Waals surface area contributed by atoms with Crippen molar-refractivity contribution in [2.24, 2.45) is 7.05 Å². The molecule has 0 unspecified atom stereocenters. The SMILES string of the molecule is CCSNc1cc(-c2cc(C)c(=O)n(C)c2)cc2c1ncn2Cc1ccc(F)cc1F. The van der Waals surface area contributed by atoms with Crippen LogP contribution >= 0.6 is 11.9 Å². The van der Waals surface area contributed by atoms with Gasteiger partial charge in [-0.25, -0.2) is 13.8 Å². The molecular formula is C23H22F2N4OS. The fourth-order valence-electron chi connectivity index (χ4n) is 3.55. The molecule has 31 heavy (non-hydrogen) atoms. The minimum Gasteiger partial charge on any atom is -0.328 e. The number of nitrogens with zero attached hydrogens (tertiary/aromatic N) is 3. The summed E-state index contributed by atoms with van der Waals surface area (Å²) in [6, 6.07) is 9.42. The van der Waals surface area contributed by atoms with Gasteiger partial charge in [0.2, 0.25) is 0 Å². The van der Waals surface area contributed by atoms with Crippen LogP contribution in [-0.4, -0.2) is 19.9 Å². The summed E-state index contributed by atoms with van der Waals surface area (Å²) in [5.41, 5.74) is 5.20. The highest BCUT2D eigenvalue weighted by molar-refractivity contribution is 8.00. The lowest BCUT2D eigenvalue weighted by atomic mass is 10.0. The van der Waals surface area contributed by atoms with E-state index in [0.717, 1.165) is 39.7 Å². The molecule has 0 aliphatic carbocycles. The molecule has 160 valence electrons. The van der Waals surface area contributed by atoms with Crippen molar-refractivity contribution in [1.29, 1.82) is 0 Å². The van der Waals surface area contributed by atoms with Crippen LogP contribution in [0.3, 0.4) is 0 Å². The summed E-state index contributed by atoms with van der Waals surface area (Å²) in [6.07, 6.45) is 3.46. The van der Waals surface area contributed by atoms with Crippen LogP contribution in [0.5, 0.6) is 0 Å². The first-order valence-electron chi connectivity index (χ1n) is 9.85. The molecule has 5 nitrogen and oxygen atoms in total. The van der Waals surface area contributed by atoms with E-state index in [9.17, 15) is 13.6 Å². The van der Waals surface area contributed by atoms with Gasteiger partial charge in [0.05, 0.1) is 24.1 Å². The molecule has 2 heterocycles. The lowest BCUT2D eigenvalue weighted by molar-refractivity contribution is 0.567. The Bertz CT molecular complexity index is 1300. The van der Waals surface area contributed by atoms with Crippen molar-refractivity contribution in [3.63, 3.8) is 0 Å². The van der Waals surface area contributed by atoms with E-state index in [0.29, 0.717) is 11.1 Å². The maximum Gasteiger partial charge on any atom is 0.253 e. The first-order chi connectivity index (χ1) is 14.9. The van der Waals surface area contributed by atoms with Crippen LogP contribution in [0.15, 0.2) is 53.7 Å². The van der Waals surface area contributed by atoms with Gasteiger partial charge in [-0.15, -0.1) is 0 Å². The van der Waals surface area contributed by atoms with Gasteiger partial charge in [0.15, 0.2) is 0 Å². The topological polar surface area (TPSA) is 51.9 Å². The second-order valence-electron chi connectivity index (χ2n) is 7.36. The summed E-state index contributed by atoms with van der Waals surface area (Å²) >= 11 is 1.55. The number of benzene rings is 2. The third-order valence-corrected chi connectivity index (χ3v) is 5.76. The van der Waals surface area contributed by atoms with Gasteiger partial charge < -0.3 is 13.9 Å². The number of imidazole rings is 1. The van der Waals surface area contributed by atoms with Crippen molar-refractivity contribution in [2.75, 3.05) is 10.5 Å². The first-order valence-corrected chi connectivity index (χ1v) is 10.8. The fraction of sp³-hybridized carbons (Fsp3) is 0.217. The highest BCUT2D eigenvalue weighted by Gasteiger charge is 2.14. The van der Waals surface area contributed by atoms with Crippen molar-refractivity contribution >= 4 is 28.7 Å². The summed E-state index contributed by atoms with van der Waals surface area (Å²) in [5.74, 6) is -0.328. The van der Waals surface area contributed by atoms with Gasteiger partial charge >= 0.3 is 0 Å². The number of nitrogens with one attached hydrogen (secondary N) is 1. The van der Waals surface area contributed by atoms with E-state index in [2.05, 4.69) is 9.71 Å². The van der Waals surface area contributed by atoms with Gasteiger partial charge in [-0.1, -0.05) is 24.9 Å². The van der Waals surface area contributed by atoms with Crippen molar-refractivity contribution < 1.29 is 8.78 Å². The molecule has 0 saturated heterocycles. The molecule has 0 saturated carbocycles. The summed E-state index contributed by atoms with van der Waals surface area (Å²) in [7, 11) is 1.73. The summed E-state index contributed by atoms with van der Waals surface area (Å²) < 4.78 is 34.3. The average Bonchev–Trinajstić information content (AvgIpc) is 3.14. The minimum atomic E-state index is -0.604. The highest BCUT2D eigenvalue weighted by atomic mass is 32.2. The number of halogens is 2. The van der Waals surface area contributed by atoms with Gasteiger partial charge in [-0.3, -0.25) is 4.79 Å². The number of hydrogen-bond acceptors (Lipinski definition) is 4. The predicted molar refractivity (Wildman–Crippen MR) is 122 cm³/mol. The molecule has 0 fully saturated rings. The molecule has 0 radical (unpaired) electrons. The van der Waals surface area contributed by atoms with Crippen LogP contribution in [-0.2, 0) is 13.6 Å². The van der Waals surface area contributed by atoms with Gasteiger partial charge in [0.1, 0.15) is 17.2 Å². The maximum absolute atomic E-state index is 14.2. The molecule has 2 aromatic carbocycles. The number of aromatic nitrogens is 3. The Balaban J connectivity index is 1.86. The lowest BCUT2D eigenvalue weighted by Gasteiger charge is -2.12. The number of fused-ring (bicyclic) bond motifs is 1. The number of pyridine rings is 1. The van der Waals surface area contributed by atoms with Crippen LogP contribution in [0.25, 0.3) is 22.2 Å². The van der Waals surface area contributed by atoms with E-state index >= 15 is 0 Å². The maximum atomic E-state index is 14.2. The molecule has 0 bridgehead atoms. The summed E-state index contributed by atoms with van der Waals surface area (Å²) in [5, 5.41) is 0. The fourth-order valence-corrected chi connectivity index (χ4v) is 4.01. The quantitative estimate of drug-likeness (QED) is 0.423. The summed E-state index contributed by atoms with van der Waals surface area (Å²) in [4.78, 5) is 16.6. The van der Waals surface area contributed by atoms with Crippen molar-refractivity contribution in [3.05, 3.63) is 82.0 Å². The Labute approximate surface area is 182 Å². The van der Waals surface area contributed by atoms with Crippen molar-refractivity contribution in [3.8, 4) is 11.1 Å². The number of aryl methyl sites for hydroxylation is 2. The van der Waals surface area contributed by atoms with Crippen molar-refractivity contribution in [2.45, 2.75) is 20.4 Å². The molecule has 0 amide bonds. The minimum absolute atomic E-state index is 0.0402. The average molecular weight is 441 g/mol. The standard InChI is InChI=1S/C23H22F2N4OS/c1-4-31-27-20-8-16(17-7-14(2)23(30)28(3)11-17)9-21-22(20)26-13-29(21)12-15-5-6-18(24)10-19(15)25/h5-11,13,27H,4,12H2,1-3H3. The van der Waals surface area contributed by atoms with Gasteiger partial charge in [-0.2, -0.15) is 0 Å². The molecule has 2 aromatic heterocycles. The van der Waals surface area contributed by atoms with E-state index in [4.69, 9.17) is 0 Å². The van der Waals surface area contributed by atoms with Crippen LogP contribution in [0.1, 0.15) is 18.1 Å². The molecule has 4 aromatic rings. The van der Waals surface area contributed by atoms with Gasteiger partial charge in [0, 0.05) is 36.2 Å². The van der Waals surface area contributed by atoms with E-state index in [1.807, 2.05) is 29.7 Å². The lowest BCUT2D eigenvalue weighted by Crippen LogP contribution is -2.18. The first kappa shape index (κ1) is 21.1. The molecule has 8 heteroatoms. The van der Waals surface area contributed by atoms with Crippen LogP contribution in [0, 0.1) is 18.6 Å². The Morgan fingerprint density at radius 3 is 2.65 bits per heavy atom. The summed E-state index contributed by atoms with van der Waals surface area (Å²) in [6.45, 7) is 4.06. The van der Waals surface area contributed by atoms with E-state index in [-0.39, 0.29) is 12.1 Å². The Morgan fingerprint density at radius 1 is 1.13 bits per heavy atom. The number of hydrogen-bond donors (Lipinski definition) is 1. The highest BCUT2D eigenvalue weighted by Crippen LogP contribution is 2.32. The number of rotatable bonds is 6. The van der Waals surface area contributed by atoms with Crippen LogP contribution in [0.4, 0.5) is 14.5 Å². The zero-order valence-electron chi connectivity index (χ0n) is 17.4. The third-order valence-electron chi connectivity index (χ3n) is 5.10. The Kier molecular flexibility index (Phi) is 5.82. The van der Waals surface area contributed by atoms with Gasteiger partial charge in [-0.05, 0) is 42.3 Å². The predicted octanol–water partition coefficient (Wildman–Crippen LogP) is 5.12. The largest absolute Gasteiger partial charge is 0.328 e. The smallest absolute Gasteiger partial charge is 0.253 e. The number of anilines is 1. The third kappa shape index (κ3) is 4.20. The van der Waals surface area contributed by atoms with Crippen LogP contribution < -0.4 is 10.3 Å². The Morgan fingerprint density at radius 2 is 1.94 bits per heavy atom. The zero-order chi connectivity index (χ0) is 22.1. The normalized spacial score (nSPS) is 11.3. The molecular weight excluding hydrogens is 418 g/mol. The molecule has 1 N–H and O–H groups in total. The second-order valence-corrected chi connectivity index (χ2v) is 8.43. The monoisotopic (exact) mass is 440 g/mol. The molecule has 0 aliphatic heterocycles. The zero-order valence-corrected chi connectivity index (χ0v) is 18.3. The molecule has 0 atom stereocenters. The Hall–Kier alpha value is -3.13. The molecule has 0 aliphatic rings. The van der Waals surface area contributed by atoms with Gasteiger partial charge in [0.25, 0.3) is 5.56 Å². The second kappa shape index (κ2) is 8.55. The van der Waals surface area contributed by atoms with E-state index in [1.54, 1.807) is 43.0 Å². The van der Waals surface area contributed by atoms with Crippen LogP contribution in [0.2, 0.25) is 0 Å². The molecule has 0 spiro atoms. The van der Waals surface area contributed by atoms with E-state index < -0.39 is 11.6 Å². The van der Waals surface area contributed by atoms with Crippen molar-refractivity contribution in [1.82, 2.24) is 14.1 Å².